The Bertz CT molecular complexity index is 788. The highest BCUT2D eigenvalue weighted by atomic mass is 16.5. The summed E-state index contributed by atoms with van der Waals surface area (Å²) >= 11 is 0. The van der Waals surface area contributed by atoms with Gasteiger partial charge in [0.25, 0.3) is 11.8 Å². The van der Waals surface area contributed by atoms with E-state index < -0.39 is 0 Å². The van der Waals surface area contributed by atoms with Gasteiger partial charge in [-0.2, -0.15) is 0 Å². The van der Waals surface area contributed by atoms with Gasteiger partial charge in [-0.25, -0.2) is 0 Å². The number of carbonyl (C=O) groups is 2. The lowest BCUT2D eigenvalue weighted by molar-refractivity contribution is -0.141. The van der Waals surface area contributed by atoms with Crippen LogP contribution in [0.15, 0.2) is 54.6 Å². The van der Waals surface area contributed by atoms with Crippen LogP contribution in [-0.2, 0) is 9.59 Å². The van der Waals surface area contributed by atoms with Crippen molar-refractivity contribution >= 4 is 11.8 Å². The van der Waals surface area contributed by atoms with Gasteiger partial charge in [0.1, 0.15) is 5.75 Å². The summed E-state index contributed by atoms with van der Waals surface area (Å²) in [5.41, 5.74) is 0. The minimum atomic E-state index is -0.112. The van der Waals surface area contributed by atoms with Crippen LogP contribution in [-0.4, -0.2) is 68.1 Å². The van der Waals surface area contributed by atoms with Gasteiger partial charge in [0.2, 0.25) is 0 Å². The van der Waals surface area contributed by atoms with Crippen LogP contribution in [0.2, 0.25) is 0 Å². The Hall–Kier alpha value is -3.22. The Morgan fingerprint density at radius 2 is 1.25 bits per heavy atom. The number of nitrogens with zero attached hydrogens (tertiary/aromatic N) is 2. The number of rotatable bonds is 7. The van der Waals surface area contributed by atoms with Crippen molar-refractivity contribution in [3.63, 3.8) is 0 Å². The van der Waals surface area contributed by atoms with Crippen molar-refractivity contribution < 1.29 is 23.8 Å². The minimum absolute atomic E-state index is 0.00509. The molecule has 0 N–H and O–H groups in total. The molecule has 1 aliphatic heterocycles. The number of piperazine rings is 1. The predicted molar refractivity (Wildman–Crippen MR) is 104 cm³/mol. The summed E-state index contributed by atoms with van der Waals surface area (Å²) in [6.07, 6.45) is 0. The molecule has 1 fully saturated rings. The number of hydrogen-bond donors (Lipinski definition) is 0. The van der Waals surface area contributed by atoms with E-state index in [1.807, 2.05) is 42.5 Å². The van der Waals surface area contributed by atoms with Crippen LogP contribution < -0.4 is 14.2 Å². The zero-order valence-corrected chi connectivity index (χ0v) is 15.9. The largest absolute Gasteiger partial charge is 0.493 e. The molecule has 1 saturated heterocycles. The average molecular weight is 384 g/mol. The molecule has 28 heavy (non-hydrogen) atoms. The highest BCUT2D eigenvalue weighted by Crippen LogP contribution is 2.25. The monoisotopic (exact) mass is 384 g/mol. The molecule has 1 aliphatic rings. The van der Waals surface area contributed by atoms with Crippen molar-refractivity contribution in [2.75, 3.05) is 46.5 Å². The molecule has 148 valence electrons. The molecule has 1 heterocycles. The molecule has 0 saturated carbocycles. The van der Waals surface area contributed by atoms with Crippen molar-refractivity contribution in [3.8, 4) is 17.2 Å². The first kappa shape index (κ1) is 19.5. The molecule has 7 nitrogen and oxygen atoms in total. The second-order valence-electron chi connectivity index (χ2n) is 6.30. The number of ether oxygens (including phenoxy) is 3. The van der Waals surface area contributed by atoms with Crippen molar-refractivity contribution in [1.82, 2.24) is 9.80 Å². The van der Waals surface area contributed by atoms with Crippen LogP contribution in [0.1, 0.15) is 0 Å². The molecule has 3 rings (SSSR count). The van der Waals surface area contributed by atoms with Crippen LogP contribution in [0, 0.1) is 0 Å². The van der Waals surface area contributed by atoms with Crippen LogP contribution in [0.25, 0.3) is 0 Å². The van der Waals surface area contributed by atoms with Gasteiger partial charge in [-0.3, -0.25) is 9.59 Å². The Morgan fingerprint density at radius 3 is 1.82 bits per heavy atom. The van der Waals surface area contributed by atoms with Crippen molar-refractivity contribution in [1.29, 1.82) is 0 Å². The lowest BCUT2D eigenvalue weighted by atomic mass is 10.3. The summed E-state index contributed by atoms with van der Waals surface area (Å²) in [5.74, 6) is 1.59. The Labute approximate surface area is 164 Å². The number of para-hydroxylation sites is 3. The van der Waals surface area contributed by atoms with E-state index in [9.17, 15) is 9.59 Å². The summed E-state index contributed by atoms with van der Waals surface area (Å²) in [5, 5.41) is 0. The van der Waals surface area contributed by atoms with E-state index in [4.69, 9.17) is 14.2 Å². The van der Waals surface area contributed by atoms with Gasteiger partial charge >= 0.3 is 0 Å². The average Bonchev–Trinajstić information content (AvgIpc) is 2.76. The highest BCUT2D eigenvalue weighted by Gasteiger charge is 2.24. The van der Waals surface area contributed by atoms with Crippen LogP contribution in [0.4, 0.5) is 0 Å². The predicted octanol–water partition coefficient (Wildman–Crippen LogP) is 1.82. The molecule has 7 heteroatoms. The fraction of sp³-hybridized carbons (Fsp3) is 0.333. The third-order valence-electron chi connectivity index (χ3n) is 4.51. The van der Waals surface area contributed by atoms with E-state index >= 15 is 0 Å². The van der Waals surface area contributed by atoms with Gasteiger partial charge in [-0.15, -0.1) is 0 Å². The third kappa shape index (κ3) is 5.16. The molecule has 0 unspecified atom stereocenters. The maximum atomic E-state index is 12.4. The second-order valence-corrected chi connectivity index (χ2v) is 6.30. The standard InChI is InChI=1S/C21H24N2O5/c1-26-18-9-5-6-10-19(18)28-16-21(25)23-13-11-22(12-14-23)20(24)15-27-17-7-3-2-4-8-17/h2-10H,11-16H2,1H3. The number of methoxy groups -OCH3 is 1. The third-order valence-corrected chi connectivity index (χ3v) is 4.51. The van der Waals surface area contributed by atoms with Crippen LogP contribution in [0.3, 0.4) is 0 Å². The molecule has 2 aromatic rings. The van der Waals surface area contributed by atoms with E-state index in [0.29, 0.717) is 43.4 Å². The summed E-state index contributed by atoms with van der Waals surface area (Å²) in [6.45, 7) is 1.85. The van der Waals surface area contributed by atoms with Gasteiger partial charge in [-0.05, 0) is 24.3 Å². The van der Waals surface area contributed by atoms with Gasteiger partial charge in [0.15, 0.2) is 24.7 Å². The smallest absolute Gasteiger partial charge is 0.260 e. The van der Waals surface area contributed by atoms with Gasteiger partial charge in [0.05, 0.1) is 7.11 Å². The van der Waals surface area contributed by atoms with E-state index in [2.05, 4.69) is 0 Å². The molecule has 2 aromatic carbocycles. The molecule has 0 atom stereocenters. The van der Waals surface area contributed by atoms with E-state index in [1.54, 1.807) is 29.0 Å². The molecular weight excluding hydrogens is 360 g/mol. The summed E-state index contributed by atoms with van der Waals surface area (Å²) in [6, 6.07) is 16.4. The first-order valence-corrected chi connectivity index (χ1v) is 9.16. The Morgan fingerprint density at radius 1 is 0.750 bits per heavy atom. The maximum Gasteiger partial charge on any atom is 0.260 e. The van der Waals surface area contributed by atoms with Gasteiger partial charge in [0, 0.05) is 26.2 Å². The zero-order chi connectivity index (χ0) is 19.8. The quantitative estimate of drug-likeness (QED) is 0.729. The first-order valence-electron chi connectivity index (χ1n) is 9.16. The molecule has 0 bridgehead atoms. The maximum absolute atomic E-state index is 12.4. The summed E-state index contributed by atoms with van der Waals surface area (Å²) in [7, 11) is 1.56. The normalized spacial score (nSPS) is 13.8. The number of amides is 2. The van der Waals surface area contributed by atoms with Gasteiger partial charge < -0.3 is 24.0 Å². The zero-order valence-electron chi connectivity index (χ0n) is 15.9. The highest BCUT2D eigenvalue weighted by molar-refractivity contribution is 5.80. The van der Waals surface area contributed by atoms with E-state index in [-0.39, 0.29) is 25.0 Å². The van der Waals surface area contributed by atoms with E-state index in [0.717, 1.165) is 0 Å². The van der Waals surface area contributed by atoms with E-state index in [1.165, 1.54) is 0 Å². The fourth-order valence-electron chi connectivity index (χ4n) is 2.93. The van der Waals surface area contributed by atoms with Crippen LogP contribution in [0.5, 0.6) is 17.2 Å². The molecule has 0 radical (unpaired) electrons. The van der Waals surface area contributed by atoms with Crippen LogP contribution >= 0.6 is 0 Å². The molecule has 0 aromatic heterocycles. The number of carbonyl (C=O) groups excluding carboxylic acids is 2. The number of hydrogen-bond acceptors (Lipinski definition) is 5. The summed E-state index contributed by atoms with van der Waals surface area (Å²) in [4.78, 5) is 28.1. The topological polar surface area (TPSA) is 68.3 Å². The lowest BCUT2D eigenvalue weighted by Crippen LogP contribution is -2.52. The Balaban J connectivity index is 1.41. The van der Waals surface area contributed by atoms with Gasteiger partial charge in [-0.1, -0.05) is 30.3 Å². The molecule has 0 aliphatic carbocycles. The van der Waals surface area contributed by atoms with Crippen molar-refractivity contribution in [3.05, 3.63) is 54.6 Å². The molecule has 2 amide bonds. The molecule has 0 spiro atoms. The lowest BCUT2D eigenvalue weighted by Gasteiger charge is -2.34. The summed E-state index contributed by atoms with van der Waals surface area (Å²) < 4.78 is 16.3. The minimum Gasteiger partial charge on any atom is -0.493 e. The second kappa shape index (κ2) is 9.64. The molecular formula is C21H24N2O5. The SMILES string of the molecule is COc1ccccc1OCC(=O)N1CCN(C(=O)COc2ccccc2)CC1. The Kier molecular flexibility index (Phi) is 6.73. The number of benzene rings is 2. The van der Waals surface area contributed by atoms with Crippen molar-refractivity contribution in [2.24, 2.45) is 0 Å². The first-order chi connectivity index (χ1) is 13.7. The fourth-order valence-corrected chi connectivity index (χ4v) is 2.93. The van der Waals surface area contributed by atoms with Crippen molar-refractivity contribution in [2.45, 2.75) is 0 Å².